The molecule has 1 aromatic rings. The van der Waals surface area contributed by atoms with Gasteiger partial charge in [-0.15, -0.1) is 0 Å². The van der Waals surface area contributed by atoms with E-state index in [0.29, 0.717) is 11.8 Å². The molecule has 0 saturated heterocycles. The molecule has 0 saturated carbocycles. The van der Waals surface area contributed by atoms with E-state index in [9.17, 15) is 0 Å². The van der Waals surface area contributed by atoms with Crippen LogP contribution in [-0.2, 0) is 0 Å². The normalized spacial score (nSPS) is 12.9. The van der Waals surface area contributed by atoms with Gasteiger partial charge < -0.3 is 4.74 Å². The summed E-state index contributed by atoms with van der Waals surface area (Å²) >= 11 is 3.54. The van der Waals surface area contributed by atoms with Gasteiger partial charge in [-0.05, 0) is 31.4 Å². The first kappa shape index (κ1) is 13.6. The van der Waals surface area contributed by atoms with E-state index in [2.05, 4.69) is 61.8 Å². The van der Waals surface area contributed by atoms with Crippen LogP contribution in [0, 0.1) is 25.7 Å². The Morgan fingerprint density at radius 2 is 1.94 bits per heavy atom. The van der Waals surface area contributed by atoms with Gasteiger partial charge in [-0.1, -0.05) is 47.5 Å². The highest BCUT2D eigenvalue weighted by atomic mass is 79.9. The van der Waals surface area contributed by atoms with Crippen molar-refractivity contribution in [1.82, 2.24) is 0 Å². The SMILES string of the molecule is Cc1ccc(OCC(CBr)C(C)C)c(C)c1. The van der Waals surface area contributed by atoms with Crippen LogP contribution in [0.4, 0.5) is 0 Å². The van der Waals surface area contributed by atoms with Gasteiger partial charge >= 0.3 is 0 Å². The van der Waals surface area contributed by atoms with Gasteiger partial charge in [0.05, 0.1) is 6.61 Å². The van der Waals surface area contributed by atoms with Crippen LogP contribution in [0.3, 0.4) is 0 Å². The summed E-state index contributed by atoms with van der Waals surface area (Å²) in [4.78, 5) is 0. The van der Waals surface area contributed by atoms with Crippen molar-refractivity contribution in [3.8, 4) is 5.75 Å². The van der Waals surface area contributed by atoms with E-state index in [1.54, 1.807) is 0 Å². The van der Waals surface area contributed by atoms with Crippen molar-refractivity contribution in [3.05, 3.63) is 29.3 Å². The van der Waals surface area contributed by atoms with E-state index in [1.165, 1.54) is 11.1 Å². The second-order valence-corrected chi connectivity index (χ2v) is 5.39. The van der Waals surface area contributed by atoms with Gasteiger partial charge in [0.2, 0.25) is 0 Å². The zero-order valence-electron chi connectivity index (χ0n) is 10.6. The van der Waals surface area contributed by atoms with Crippen molar-refractivity contribution in [2.75, 3.05) is 11.9 Å². The Morgan fingerprint density at radius 1 is 1.25 bits per heavy atom. The summed E-state index contributed by atoms with van der Waals surface area (Å²) in [6.07, 6.45) is 0. The van der Waals surface area contributed by atoms with Crippen LogP contribution in [0.15, 0.2) is 18.2 Å². The van der Waals surface area contributed by atoms with Gasteiger partial charge in [0.1, 0.15) is 5.75 Å². The molecule has 0 heterocycles. The van der Waals surface area contributed by atoms with Gasteiger partial charge in [-0.3, -0.25) is 0 Å². The van der Waals surface area contributed by atoms with E-state index in [0.717, 1.165) is 17.7 Å². The highest BCUT2D eigenvalue weighted by Crippen LogP contribution is 2.21. The summed E-state index contributed by atoms with van der Waals surface area (Å²) < 4.78 is 5.88. The Morgan fingerprint density at radius 3 is 2.44 bits per heavy atom. The molecule has 0 radical (unpaired) electrons. The van der Waals surface area contributed by atoms with Gasteiger partial charge in [0.25, 0.3) is 0 Å². The van der Waals surface area contributed by atoms with Crippen molar-refractivity contribution in [2.24, 2.45) is 11.8 Å². The zero-order chi connectivity index (χ0) is 12.1. The zero-order valence-corrected chi connectivity index (χ0v) is 12.2. The molecule has 0 aliphatic carbocycles. The van der Waals surface area contributed by atoms with Crippen molar-refractivity contribution in [1.29, 1.82) is 0 Å². The summed E-state index contributed by atoms with van der Waals surface area (Å²) in [6, 6.07) is 6.32. The Hall–Kier alpha value is -0.500. The lowest BCUT2D eigenvalue weighted by Gasteiger charge is -2.19. The number of hydrogen-bond acceptors (Lipinski definition) is 1. The van der Waals surface area contributed by atoms with Gasteiger partial charge in [0.15, 0.2) is 0 Å². The molecule has 2 heteroatoms. The summed E-state index contributed by atoms with van der Waals surface area (Å²) in [5, 5.41) is 0.996. The second-order valence-electron chi connectivity index (χ2n) is 4.74. The minimum Gasteiger partial charge on any atom is -0.493 e. The molecule has 0 spiro atoms. The van der Waals surface area contributed by atoms with Crippen LogP contribution in [0.2, 0.25) is 0 Å². The fourth-order valence-electron chi connectivity index (χ4n) is 1.57. The number of ether oxygens (including phenoxy) is 1. The van der Waals surface area contributed by atoms with Gasteiger partial charge in [-0.25, -0.2) is 0 Å². The fourth-order valence-corrected chi connectivity index (χ4v) is 2.51. The first-order chi connectivity index (χ1) is 7.54. The van der Waals surface area contributed by atoms with Crippen LogP contribution in [0.1, 0.15) is 25.0 Å². The summed E-state index contributed by atoms with van der Waals surface area (Å²) in [6.45, 7) is 9.45. The Kier molecular flexibility index (Phi) is 5.33. The van der Waals surface area contributed by atoms with Crippen molar-refractivity contribution in [2.45, 2.75) is 27.7 Å². The summed E-state index contributed by atoms with van der Waals surface area (Å²) in [7, 11) is 0. The minimum atomic E-state index is 0.570. The van der Waals surface area contributed by atoms with Crippen LogP contribution in [0.5, 0.6) is 5.75 Å². The minimum absolute atomic E-state index is 0.570. The lowest BCUT2D eigenvalue weighted by atomic mass is 9.99. The van der Waals surface area contributed by atoms with E-state index in [1.807, 2.05) is 0 Å². The molecule has 0 aliphatic heterocycles. The monoisotopic (exact) mass is 284 g/mol. The average Bonchev–Trinajstić information content (AvgIpc) is 2.21. The Balaban J connectivity index is 2.60. The summed E-state index contributed by atoms with van der Waals surface area (Å²) in [5.41, 5.74) is 2.50. The smallest absolute Gasteiger partial charge is 0.122 e. The molecule has 1 aromatic carbocycles. The highest BCUT2D eigenvalue weighted by molar-refractivity contribution is 9.09. The van der Waals surface area contributed by atoms with E-state index in [-0.39, 0.29) is 0 Å². The standard InChI is InChI=1S/C14H21BrO/c1-10(2)13(8-15)9-16-14-6-5-11(3)7-12(14)4/h5-7,10,13H,8-9H2,1-4H3. The van der Waals surface area contributed by atoms with Crippen molar-refractivity contribution < 1.29 is 4.74 Å². The first-order valence-electron chi connectivity index (χ1n) is 5.80. The van der Waals surface area contributed by atoms with Crippen LogP contribution in [-0.4, -0.2) is 11.9 Å². The quantitative estimate of drug-likeness (QED) is 0.731. The lowest BCUT2D eigenvalue weighted by molar-refractivity contribution is 0.226. The predicted octanol–water partition coefficient (Wildman–Crippen LogP) is 4.35. The number of halogens is 1. The molecular weight excluding hydrogens is 264 g/mol. The molecule has 0 amide bonds. The number of benzene rings is 1. The fraction of sp³-hybridized carbons (Fsp3) is 0.571. The van der Waals surface area contributed by atoms with Gasteiger partial charge in [0, 0.05) is 11.2 Å². The lowest BCUT2D eigenvalue weighted by Crippen LogP contribution is -2.19. The third-order valence-electron chi connectivity index (χ3n) is 2.92. The van der Waals surface area contributed by atoms with Crippen LogP contribution >= 0.6 is 15.9 Å². The first-order valence-corrected chi connectivity index (χ1v) is 6.92. The molecule has 1 nitrogen and oxygen atoms in total. The van der Waals surface area contributed by atoms with E-state index in [4.69, 9.17) is 4.74 Å². The molecule has 16 heavy (non-hydrogen) atoms. The van der Waals surface area contributed by atoms with Crippen LogP contribution in [0.25, 0.3) is 0 Å². The van der Waals surface area contributed by atoms with Crippen LogP contribution < -0.4 is 4.74 Å². The van der Waals surface area contributed by atoms with E-state index >= 15 is 0 Å². The average molecular weight is 285 g/mol. The summed E-state index contributed by atoms with van der Waals surface area (Å²) in [5.74, 6) is 2.23. The maximum atomic E-state index is 5.88. The molecule has 90 valence electrons. The third kappa shape index (κ3) is 3.82. The Labute approximate surface area is 107 Å². The van der Waals surface area contributed by atoms with Gasteiger partial charge in [-0.2, -0.15) is 0 Å². The molecule has 1 unspecified atom stereocenters. The molecule has 0 fully saturated rings. The van der Waals surface area contributed by atoms with Crippen molar-refractivity contribution in [3.63, 3.8) is 0 Å². The number of hydrogen-bond donors (Lipinski definition) is 0. The van der Waals surface area contributed by atoms with E-state index < -0.39 is 0 Å². The topological polar surface area (TPSA) is 9.23 Å². The van der Waals surface area contributed by atoms with Crippen molar-refractivity contribution >= 4 is 15.9 Å². The number of rotatable bonds is 5. The number of aryl methyl sites for hydroxylation is 2. The Bertz CT molecular complexity index is 334. The largest absolute Gasteiger partial charge is 0.493 e. The number of alkyl halides is 1. The molecule has 0 aromatic heterocycles. The maximum absolute atomic E-state index is 5.88. The molecule has 1 atom stereocenters. The molecular formula is C14H21BrO. The molecule has 1 rings (SSSR count). The molecule has 0 bridgehead atoms. The second kappa shape index (κ2) is 6.29. The third-order valence-corrected chi connectivity index (χ3v) is 3.76. The molecule has 0 N–H and O–H groups in total. The molecule has 0 aliphatic rings. The maximum Gasteiger partial charge on any atom is 0.122 e. The highest BCUT2D eigenvalue weighted by Gasteiger charge is 2.13. The predicted molar refractivity (Wildman–Crippen MR) is 73.5 cm³/mol.